The Morgan fingerprint density at radius 3 is 2.50 bits per heavy atom. The van der Waals surface area contributed by atoms with Crippen LogP contribution in [0.25, 0.3) is 0 Å². The van der Waals surface area contributed by atoms with Crippen molar-refractivity contribution in [2.75, 3.05) is 5.75 Å². The van der Waals surface area contributed by atoms with Crippen LogP contribution in [0.3, 0.4) is 0 Å². The third kappa shape index (κ3) is 4.74. The van der Waals surface area contributed by atoms with Gasteiger partial charge in [0.15, 0.2) is 0 Å². The summed E-state index contributed by atoms with van der Waals surface area (Å²) in [4.78, 5) is 11.9. The Morgan fingerprint density at radius 1 is 1.43 bits per heavy atom. The van der Waals surface area contributed by atoms with Crippen LogP contribution >= 0.6 is 22.5 Å². The van der Waals surface area contributed by atoms with Crippen molar-refractivity contribution in [3.05, 3.63) is 0 Å². The lowest BCUT2D eigenvalue weighted by Gasteiger charge is -2.26. The van der Waals surface area contributed by atoms with E-state index < -0.39 is 0 Å². The second-order valence-corrected chi connectivity index (χ2v) is 5.47. The quantitative estimate of drug-likeness (QED) is 0.502. The SMILES string of the molecule is CCCCC(C)(CC)C(=O)CCSS. The van der Waals surface area contributed by atoms with Crippen LogP contribution in [0.15, 0.2) is 0 Å². The Balaban J connectivity index is 4.12. The average molecular weight is 234 g/mol. The van der Waals surface area contributed by atoms with Gasteiger partial charge in [-0.3, -0.25) is 4.79 Å². The molecule has 0 aromatic heterocycles. The topological polar surface area (TPSA) is 17.1 Å². The lowest BCUT2D eigenvalue weighted by atomic mass is 9.77. The van der Waals surface area contributed by atoms with Gasteiger partial charge in [-0.25, -0.2) is 0 Å². The summed E-state index contributed by atoms with van der Waals surface area (Å²) in [6, 6.07) is 0. The number of Topliss-reactive ketones (excluding diaryl/α,β-unsaturated/α-hetero) is 1. The molecule has 1 atom stereocenters. The highest BCUT2D eigenvalue weighted by Crippen LogP contribution is 2.31. The molecule has 0 saturated carbocycles. The molecule has 0 bridgehead atoms. The molecule has 84 valence electrons. The molecule has 0 amide bonds. The fourth-order valence-electron chi connectivity index (χ4n) is 1.52. The molecule has 0 aromatic carbocycles. The predicted octanol–water partition coefficient (Wildman–Crippen LogP) is 4.13. The van der Waals surface area contributed by atoms with Gasteiger partial charge in [0.25, 0.3) is 0 Å². The highest BCUT2D eigenvalue weighted by molar-refractivity contribution is 8.68. The zero-order chi connectivity index (χ0) is 11.0. The van der Waals surface area contributed by atoms with Gasteiger partial charge in [-0.15, -0.1) is 11.7 Å². The van der Waals surface area contributed by atoms with E-state index in [2.05, 4.69) is 32.4 Å². The zero-order valence-electron chi connectivity index (χ0n) is 9.51. The molecule has 0 N–H and O–H groups in total. The van der Waals surface area contributed by atoms with E-state index in [1.54, 1.807) is 0 Å². The molecular weight excluding hydrogens is 212 g/mol. The maximum absolute atomic E-state index is 11.9. The van der Waals surface area contributed by atoms with Crippen molar-refractivity contribution in [1.82, 2.24) is 0 Å². The molecule has 0 rings (SSSR count). The molecule has 0 aromatic rings. The Labute approximate surface area is 97.2 Å². The van der Waals surface area contributed by atoms with Gasteiger partial charge in [-0.2, -0.15) is 0 Å². The third-order valence-corrected chi connectivity index (χ3v) is 3.89. The smallest absolute Gasteiger partial charge is 0.139 e. The molecule has 0 aliphatic heterocycles. The van der Waals surface area contributed by atoms with Crippen LogP contribution in [0.1, 0.15) is 52.9 Å². The summed E-state index contributed by atoms with van der Waals surface area (Å²) in [5.41, 5.74) is -0.0838. The first-order valence-corrected chi connectivity index (χ1v) is 7.44. The van der Waals surface area contributed by atoms with Crippen molar-refractivity contribution < 1.29 is 4.79 Å². The summed E-state index contributed by atoms with van der Waals surface area (Å²) >= 11 is 4.06. The van der Waals surface area contributed by atoms with Crippen molar-refractivity contribution in [1.29, 1.82) is 0 Å². The van der Waals surface area contributed by atoms with E-state index in [0.29, 0.717) is 12.2 Å². The van der Waals surface area contributed by atoms with Crippen LogP contribution < -0.4 is 0 Å². The first-order valence-electron chi connectivity index (χ1n) is 5.40. The number of unbranched alkanes of at least 4 members (excludes halogenated alkanes) is 1. The van der Waals surface area contributed by atoms with Crippen molar-refractivity contribution in [3.63, 3.8) is 0 Å². The Kier molecular flexibility index (Phi) is 7.84. The second-order valence-electron chi connectivity index (χ2n) is 4.02. The van der Waals surface area contributed by atoms with Crippen molar-refractivity contribution in [2.45, 2.75) is 52.9 Å². The highest BCUT2D eigenvalue weighted by Gasteiger charge is 2.29. The minimum Gasteiger partial charge on any atom is -0.299 e. The zero-order valence-corrected chi connectivity index (χ0v) is 11.2. The molecule has 0 heterocycles. The van der Waals surface area contributed by atoms with Gasteiger partial charge in [-0.05, 0) is 12.8 Å². The number of carbonyl (C=O) groups excluding carboxylic acids is 1. The summed E-state index contributed by atoms with van der Waals surface area (Å²) < 4.78 is 0. The molecule has 0 fully saturated rings. The molecule has 0 radical (unpaired) electrons. The monoisotopic (exact) mass is 234 g/mol. The summed E-state index contributed by atoms with van der Waals surface area (Å²) in [6.45, 7) is 6.39. The van der Waals surface area contributed by atoms with E-state index in [0.717, 1.165) is 25.0 Å². The number of hydrogen-bond donors (Lipinski definition) is 1. The summed E-state index contributed by atoms with van der Waals surface area (Å²) in [7, 11) is 1.45. The van der Waals surface area contributed by atoms with E-state index in [1.807, 2.05) is 0 Å². The van der Waals surface area contributed by atoms with E-state index >= 15 is 0 Å². The van der Waals surface area contributed by atoms with Gasteiger partial charge >= 0.3 is 0 Å². The largest absolute Gasteiger partial charge is 0.299 e. The second kappa shape index (κ2) is 7.63. The van der Waals surface area contributed by atoms with Crippen LogP contribution in [-0.4, -0.2) is 11.5 Å². The van der Waals surface area contributed by atoms with Gasteiger partial charge in [0.1, 0.15) is 5.78 Å². The van der Waals surface area contributed by atoms with Gasteiger partial charge < -0.3 is 0 Å². The number of carbonyl (C=O) groups is 1. The fraction of sp³-hybridized carbons (Fsp3) is 0.909. The molecule has 0 saturated heterocycles. The molecular formula is C11H22OS2. The maximum atomic E-state index is 11.9. The van der Waals surface area contributed by atoms with Crippen LogP contribution in [0.5, 0.6) is 0 Å². The molecule has 0 aliphatic rings. The summed E-state index contributed by atoms with van der Waals surface area (Å²) in [6.07, 6.45) is 5.00. The van der Waals surface area contributed by atoms with Crippen LogP contribution in [0.2, 0.25) is 0 Å². The van der Waals surface area contributed by atoms with Crippen molar-refractivity contribution in [2.24, 2.45) is 5.41 Å². The molecule has 14 heavy (non-hydrogen) atoms. The molecule has 0 spiro atoms. The van der Waals surface area contributed by atoms with E-state index in [-0.39, 0.29) is 5.41 Å². The third-order valence-electron chi connectivity index (χ3n) is 2.96. The molecule has 0 aliphatic carbocycles. The normalized spacial score (nSPS) is 15.1. The minimum atomic E-state index is -0.0838. The average Bonchev–Trinajstić information content (AvgIpc) is 2.22. The van der Waals surface area contributed by atoms with E-state index in [4.69, 9.17) is 0 Å². The Hall–Kier alpha value is 0.370. The standard InChI is InChI=1S/C11H22OS2/c1-4-6-8-11(3,5-2)10(12)7-9-14-13/h13H,4-9H2,1-3H3. The maximum Gasteiger partial charge on any atom is 0.139 e. The van der Waals surface area contributed by atoms with Crippen LogP contribution in [-0.2, 0) is 4.79 Å². The molecule has 1 nitrogen and oxygen atoms in total. The van der Waals surface area contributed by atoms with Gasteiger partial charge in [0, 0.05) is 17.6 Å². The van der Waals surface area contributed by atoms with E-state index in [1.165, 1.54) is 17.2 Å². The first-order chi connectivity index (χ1) is 6.60. The van der Waals surface area contributed by atoms with Crippen molar-refractivity contribution in [3.8, 4) is 0 Å². The summed E-state index contributed by atoms with van der Waals surface area (Å²) in [5, 5.41) is 0. The Morgan fingerprint density at radius 2 is 2.07 bits per heavy atom. The number of hydrogen-bond acceptors (Lipinski definition) is 3. The molecule has 1 unspecified atom stereocenters. The fourth-order valence-corrected chi connectivity index (χ4v) is 2.07. The minimum absolute atomic E-state index is 0.0838. The number of ketones is 1. The lowest BCUT2D eigenvalue weighted by Crippen LogP contribution is -2.27. The lowest BCUT2D eigenvalue weighted by molar-refractivity contribution is -0.128. The van der Waals surface area contributed by atoms with Crippen molar-refractivity contribution >= 4 is 28.2 Å². The molecule has 3 heteroatoms. The van der Waals surface area contributed by atoms with Gasteiger partial charge in [-0.1, -0.05) is 44.4 Å². The van der Waals surface area contributed by atoms with E-state index in [9.17, 15) is 4.79 Å². The Bertz CT molecular complexity index is 171. The number of thiol groups is 1. The highest BCUT2D eigenvalue weighted by atomic mass is 33.1. The predicted molar refractivity (Wildman–Crippen MR) is 69.0 cm³/mol. The first kappa shape index (κ1) is 14.4. The van der Waals surface area contributed by atoms with Gasteiger partial charge in [0.05, 0.1) is 0 Å². The van der Waals surface area contributed by atoms with Crippen LogP contribution in [0, 0.1) is 5.41 Å². The number of rotatable bonds is 8. The van der Waals surface area contributed by atoms with Crippen LogP contribution in [0.4, 0.5) is 0 Å². The van der Waals surface area contributed by atoms with Gasteiger partial charge in [0.2, 0.25) is 0 Å². The summed E-state index contributed by atoms with van der Waals surface area (Å²) in [5.74, 6) is 1.25.